The van der Waals surface area contributed by atoms with E-state index in [1.165, 1.54) is 81.9 Å². The van der Waals surface area contributed by atoms with Gasteiger partial charge in [-0.15, -0.1) is 0 Å². The van der Waals surface area contributed by atoms with Crippen molar-refractivity contribution >= 4 is 5.97 Å². The van der Waals surface area contributed by atoms with Crippen LogP contribution >= 0.6 is 0 Å². The van der Waals surface area contributed by atoms with E-state index in [-0.39, 0.29) is 11.3 Å². The van der Waals surface area contributed by atoms with E-state index in [1.54, 1.807) is 18.2 Å². The van der Waals surface area contributed by atoms with Crippen LogP contribution in [0.2, 0.25) is 0 Å². The molecule has 0 N–H and O–H groups in total. The number of halogens is 1. The highest BCUT2D eigenvalue weighted by molar-refractivity contribution is 5.91. The standard InChI is InChI=1S/C29H41FO3/c1-3-5-7-9-11-13-15-24-16-19-26(20-17-24)33-29(31)25-18-21-28(27(30)23-25)32-22-14-12-10-8-6-4-2/h16-21,23H,3-15,22H2,1-2H3. The maximum absolute atomic E-state index is 14.4. The van der Waals surface area contributed by atoms with Crippen LogP contribution in [-0.2, 0) is 6.42 Å². The second-order valence-corrected chi connectivity index (χ2v) is 8.81. The zero-order chi connectivity index (χ0) is 23.7. The first-order valence-electron chi connectivity index (χ1n) is 12.9. The third-order valence-electron chi connectivity index (χ3n) is 5.88. The molecule has 0 aliphatic carbocycles. The number of esters is 1. The van der Waals surface area contributed by atoms with Gasteiger partial charge in [0, 0.05) is 0 Å². The van der Waals surface area contributed by atoms with Crippen LogP contribution in [0.4, 0.5) is 4.39 Å². The lowest BCUT2D eigenvalue weighted by atomic mass is 10.0. The predicted molar refractivity (Wildman–Crippen MR) is 134 cm³/mol. The molecule has 0 bridgehead atoms. The summed E-state index contributed by atoms with van der Waals surface area (Å²) < 4.78 is 25.3. The molecule has 0 aliphatic heterocycles. The first-order chi connectivity index (χ1) is 16.1. The van der Waals surface area contributed by atoms with E-state index in [2.05, 4.69) is 13.8 Å². The highest BCUT2D eigenvalue weighted by atomic mass is 19.1. The van der Waals surface area contributed by atoms with Gasteiger partial charge in [0.15, 0.2) is 11.6 Å². The van der Waals surface area contributed by atoms with E-state index in [1.807, 2.05) is 12.1 Å². The second kappa shape index (κ2) is 16.3. The Morgan fingerprint density at radius 2 is 1.36 bits per heavy atom. The molecule has 0 radical (unpaired) electrons. The minimum absolute atomic E-state index is 0.176. The van der Waals surface area contributed by atoms with Gasteiger partial charge in [0.2, 0.25) is 0 Å². The Morgan fingerprint density at radius 1 is 0.758 bits per heavy atom. The lowest BCUT2D eigenvalue weighted by Gasteiger charge is -2.09. The average molecular weight is 457 g/mol. The molecule has 4 heteroatoms. The number of hydrogen-bond acceptors (Lipinski definition) is 3. The minimum atomic E-state index is -0.569. The number of ether oxygens (including phenoxy) is 2. The monoisotopic (exact) mass is 456 g/mol. The van der Waals surface area contributed by atoms with Crippen molar-refractivity contribution < 1.29 is 18.7 Å². The van der Waals surface area contributed by atoms with Gasteiger partial charge in [0.25, 0.3) is 0 Å². The number of carbonyl (C=O) groups is 1. The molecule has 0 unspecified atom stereocenters. The van der Waals surface area contributed by atoms with Crippen molar-refractivity contribution in [1.82, 2.24) is 0 Å². The summed E-state index contributed by atoms with van der Waals surface area (Å²) in [6.07, 6.45) is 15.6. The summed E-state index contributed by atoms with van der Waals surface area (Å²) >= 11 is 0. The molecule has 3 nitrogen and oxygen atoms in total. The number of rotatable bonds is 17. The Balaban J connectivity index is 1.74. The highest BCUT2D eigenvalue weighted by Gasteiger charge is 2.13. The van der Waals surface area contributed by atoms with Crippen LogP contribution in [0, 0.1) is 5.82 Å². The quantitative estimate of drug-likeness (QED) is 0.136. The van der Waals surface area contributed by atoms with Gasteiger partial charge in [0.1, 0.15) is 5.75 Å². The Labute approximate surface area is 199 Å². The van der Waals surface area contributed by atoms with Crippen LogP contribution < -0.4 is 9.47 Å². The van der Waals surface area contributed by atoms with Gasteiger partial charge in [-0.1, -0.05) is 90.2 Å². The van der Waals surface area contributed by atoms with Crippen LogP contribution in [0.3, 0.4) is 0 Å². The maximum Gasteiger partial charge on any atom is 0.343 e. The summed E-state index contributed by atoms with van der Waals surface area (Å²) in [6, 6.07) is 11.8. The van der Waals surface area contributed by atoms with Crippen molar-refractivity contribution in [3.8, 4) is 11.5 Å². The Morgan fingerprint density at radius 3 is 2.00 bits per heavy atom. The molecule has 182 valence electrons. The van der Waals surface area contributed by atoms with Crippen molar-refractivity contribution in [1.29, 1.82) is 0 Å². The van der Waals surface area contributed by atoms with E-state index < -0.39 is 11.8 Å². The molecule has 0 fully saturated rings. The average Bonchev–Trinajstić information content (AvgIpc) is 2.82. The fourth-order valence-electron chi connectivity index (χ4n) is 3.81. The molecule has 0 aliphatic rings. The summed E-state index contributed by atoms with van der Waals surface area (Å²) in [5, 5.41) is 0. The Hall–Kier alpha value is -2.36. The molecule has 2 rings (SSSR count). The van der Waals surface area contributed by atoms with Crippen molar-refractivity contribution in [2.45, 2.75) is 97.3 Å². The maximum atomic E-state index is 14.4. The van der Waals surface area contributed by atoms with Gasteiger partial charge in [0.05, 0.1) is 12.2 Å². The van der Waals surface area contributed by atoms with Crippen LogP contribution in [0.5, 0.6) is 11.5 Å². The Kier molecular flexibility index (Phi) is 13.3. The van der Waals surface area contributed by atoms with Crippen molar-refractivity contribution in [3.05, 3.63) is 59.4 Å². The van der Waals surface area contributed by atoms with Crippen LogP contribution in [0.25, 0.3) is 0 Å². The second-order valence-electron chi connectivity index (χ2n) is 8.81. The van der Waals surface area contributed by atoms with Gasteiger partial charge < -0.3 is 9.47 Å². The van der Waals surface area contributed by atoms with E-state index in [4.69, 9.17) is 9.47 Å². The number of hydrogen-bond donors (Lipinski definition) is 0. The topological polar surface area (TPSA) is 35.5 Å². The highest BCUT2D eigenvalue weighted by Crippen LogP contribution is 2.21. The molecule has 33 heavy (non-hydrogen) atoms. The van der Waals surface area contributed by atoms with Crippen molar-refractivity contribution in [2.75, 3.05) is 6.61 Å². The number of benzene rings is 2. The molecule has 2 aromatic carbocycles. The lowest BCUT2D eigenvalue weighted by Crippen LogP contribution is -2.09. The van der Waals surface area contributed by atoms with E-state index in [9.17, 15) is 9.18 Å². The van der Waals surface area contributed by atoms with Gasteiger partial charge in [-0.3, -0.25) is 0 Å². The Bertz CT molecular complexity index is 801. The molecule has 0 aromatic heterocycles. The summed E-state index contributed by atoms with van der Waals surface area (Å²) in [4.78, 5) is 12.4. The largest absolute Gasteiger partial charge is 0.491 e. The molecule has 0 atom stereocenters. The molecule has 0 heterocycles. The third-order valence-corrected chi connectivity index (χ3v) is 5.88. The molecule has 0 saturated carbocycles. The summed E-state index contributed by atoms with van der Waals surface area (Å²) in [7, 11) is 0. The van der Waals surface area contributed by atoms with E-state index in [0.717, 1.165) is 19.3 Å². The van der Waals surface area contributed by atoms with Crippen LogP contribution in [0.1, 0.15) is 107 Å². The fourth-order valence-corrected chi connectivity index (χ4v) is 3.81. The minimum Gasteiger partial charge on any atom is -0.491 e. The van der Waals surface area contributed by atoms with Crippen molar-refractivity contribution in [3.63, 3.8) is 0 Å². The van der Waals surface area contributed by atoms with E-state index >= 15 is 0 Å². The van der Waals surface area contributed by atoms with E-state index in [0.29, 0.717) is 12.4 Å². The summed E-state index contributed by atoms with van der Waals surface area (Å²) in [6.45, 7) is 4.91. The van der Waals surface area contributed by atoms with Gasteiger partial charge in [-0.05, 0) is 55.2 Å². The predicted octanol–water partition coefficient (Wildman–Crippen LogP) is 8.69. The molecule has 0 spiro atoms. The molecule has 0 saturated heterocycles. The van der Waals surface area contributed by atoms with Gasteiger partial charge >= 0.3 is 5.97 Å². The lowest BCUT2D eigenvalue weighted by molar-refractivity contribution is 0.0734. The number of aryl methyl sites for hydroxylation is 1. The number of unbranched alkanes of at least 4 members (excludes halogenated alkanes) is 10. The zero-order valence-electron chi connectivity index (χ0n) is 20.5. The third kappa shape index (κ3) is 10.9. The molecular weight excluding hydrogens is 415 g/mol. The van der Waals surface area contributed by atoms with Gasteiger partial charge in [-0.25, -0.2) is 9.18 Å². The molecular formula is C29H41FO3. The fraction of sp³-hybridized carbons (Fsp3) is 0.552. The van der Waals surface area contributed by atoms with Crippen LogP contribution in [0.15, 0.2) is 42.5 Å². The first kappa shape index (κ1) is 26.9. The molecule has 2 aromatic rings. The SMILES string of the molecule is CCCCCCCCOc1ccc(C(=O)Oc2ccc(CCCCCCCC)cc2)cc1F. The first-order valence-corrected chi connectivity index (χ1v) is 12.9. The van der Waals surface area contributed by atoms with Gasteiger partial charge in [-0.2, -0.15) is 0 Å². The van der Waals surface area contributed by atoms with Crippen LogP contribution in [-0.4, -0.2) is 12.6 Å². The zero-order valence-corrected chi connectivity index (χ0v) is 20.5. The smallest absolute Gasteiger partial charge is 0.343 e. The summed E-state index contributed by atoms with van der Waals surface area (Å²) in [5.74, 6) is -0.459. The normalized spacial score (nSPS) is 10.9. The number of carbonyl (C=O) groups excluding carboxylic acids is 1. The summed E-state index contributed by atoms with van der Waals surface area (Å²) in [5.41, 5.74) is 1.42. The van der Waals surface area contributed by atoms with Crippen molar-refractivity contribution in [2.24, 2.45) is 0 Å². The molecule has 0 amide bonds.